The molecule has 0 spiro atoms. The largest absolute Gasteiger partial charge is 0.299 e. The van der Waals surface area contributed by atoms with E-state index in [1.54, 1.807) is 0 Å². The summed E-state index contributed by atoms with van der Waals surface area (Å²) >= 11 is 0. The third kappa shape index (κ3) is 6.69. The standard InChI is InChI=1S/C27H38N2/c1-3-8-26(9-4-1)22-28-18-14-24(15-19-28)12-7-13-25-16-20-29(21-17-25)23-27-10-5-2-6-11-27/h1-6,8-11,24-25H,7,12-23H2. The van der Waals surface area contributed by atoms with E-state index in [0.29, 0.717) is 0 Å². The summed E-state index contributed by atoms with van der Waals surface area (Å²) in [5.74, 6) is 1.94. The monoisotopic (exact) mass is 390 g/mol. The van der Waals surface area contributed by atoms with Crippen molar-refractivity contribution in [2.24, 2.45) is 11.8 Å². The van der Waals surface area contributed by atoms with Crippen LogP contribution in [0.1, 0.15) is 56.1 Å². The first-order valence-electron chi connectivity index (χ1n) is 11.9. The molecule has 29 heavy (non-hydrogen) atoms. The summed E-state index contributed by atoms with van der Waals surface area (Å²) in [6.07, 6.45) is 9.99. The molecule has 2 heterocycles. The van der Waals surface area contributed by atoms with Crippen LogP contribution in [-0.4, -0.2) is 36.0 Å². The highest BCUT2D eigenvalue weighted by molar-refractivity contribution is 5.15. The van der Waals surface area contributed by atoms with Crippen molar-refractivity contribution < 1.29 is 0 Å². The fraction of sp³-hybridized carbons (Fsp3) is 0.556. The van der Waals surface area contributed by atoms with Crippen molar-refractivity contribution in [1.82, 2.24) is 9.80 Å². The Bertz CT molecular complexity index is 621. The van der Waals surface area contributed by atoms with E-state index in [4.69, 9.17) is 0 Å². The Morgan fingerprint density at radius 1 is 0.552 bits per heavy atom. The number of hydrogen-bond donors (Lipinski definition) is 0. The van der Waals surface area contributed by atoms with Gasteiger partial charge in [0.1, 0.15) is 0 Å². The summed E-state index contributed by atoms with van der Waals surface area (Å²) in [7, 11) is 0. The highest BCUT2D eigenvalue weighted by Crippen LogP contribution is 2.28. The average molecular weight is 391 g/mol. The predicted octanol–water partition coefficient (Wildman–Crippen LogP) is 5.98. The Labute approximate surface area is 177 Å². The summed E-state index contributed by atoms with van der Waals surface area (Å²) < 4.78 is 0. The van der Waals surface area contributed by atoms with E-state index in [1.807, 2.05) is 0 Å². The van der Waals surface area contributed by atoms with Gasteiger partial charge in [-0.15, -0.1) is 0 Å². The van der Waals surface area contributed by atoms with Crippen molar-refractivity contribution in [3.8, 4) is 0 Å². The Kier molecular flexibility index (Phi) is 7.78. The lowest BCUT2D eigenvalue weighted by Crippen LogP contribution is -2.34. The summed E-state index contributed by atoms with van der Waals surface area (Å²) in [6, 6.07) is 21.9. The number of likely N-dealkylation sites (tertiary alicyclic amines) is 2. The van der Waals surface area contributed by atoms with E-state index < -0.39 is 0 Å². The van der Waals surface area contributed by atoms with Gasteiger partial charge < -0.3 is 0 Å². The summed E-state index contributed by atoms with van der Waals surface area (Å²) in [5, 5.41) is 0. The van der Waals surface area contributed by atoms with Crippen LogP contribution in [0.15, 0.2) is 60.7 Å². The lowest BCUT2D eigenvalue weighted by atomic mass is 9.86. The summed E-state index contributed by atoms with van der Waals surface area (Å²) in [4.78, 5) is 5.29. The zero-order valence-corrected chi connectivity index (χ0v) is 18.0. The summed E-state index contributed by atoms with van der Waals surface area (Å²) in [6.45, 7) is 7.42. The molecule has 0 bridgehead atoms. The van der Waals surface area contributed by atoms with Gasteiger partial charge in [0.25, 0.3) is 0 Å². The first-order valence-corrected chi connectivity index (χ1v) is 11.9. The molecule has 2 fully saturated rings. The first-order chi connectivity index (χ1) is 14.3. The lowest BCUT2D eigenvalue weighted by molar-refractivity contribution is 0.156. The number of benzene rings is 2. The molecular weight excluding hydrogens is 352 g/mol. The quantitative estimate of drug-likeness (QED) is 0.547. The van der Waals surface area contributed by atoms with Crippen LogP contribution < -0.4 is 0 Å². The van der Waals surface area contributed by atoms with E-state index >= 15 is 0 Å². The molecule has 0 aliphatic carbocycles. The molecule has 0 N–H and O–H groups in total. The smallest absolute Gasteiger partial charge is 0.0233 e. The van der Waals surface area contributed by atoms with Gasteiger partial charge >= 0.3 is 0 Å². The molecule has 2 aliphatic heterocycles. The number of rotatable bonds is 8. The van der Waals surface area contributed by atoms with Crippen LogP contribution in [0, 0.1) is 11.8 Å². The molecule has 0 saturated carbocycles. The van der Waals surface area contributed by atoms with Gasteiger partial charge in [-0.25, -0.2) is 0 Å². The lowest BCUT2D eigenvalue weighted by Gasteiger charge is -2.33. The van der Waals surface area contributed by atoms with Crippen LogP contribution in [0.3, 0.4) is 0 Å². The fourth-order valence-electron chi connectivity index (χ4n) is 5.24. The fourth-order valence-corrected chi connectivity index (χ4v) is 5.24. The van der Waals surface area contributed by atoms with E-state index in [0.717, 1.165) is 24.9 Å². The van der Waals surface area contributed by atoms with Crippen LogP contribution in [-0.2, 0) is 13.1 Å². The Morgan fingerprint density at radius 3 is 1.31 bits per heavy atom. The van der Waals surface area contributed by atoms with Crippen molar-refractivity contribution >= 4 is 0 Å². The van der Waals surface area contributed by atoms with Crippen molar-refractivity contribution in [3.05, 3.63) is 71.8 Å². The minimum absolute atomic E-state index is 0.972. The average Bonchev–Trinajstić information content (AvgIpc) is 2.78. The minimum Gasteiger partial charge on any atom is -0.299 e. The van der Waals surface area contributed by atoms with Crippen molar-refractivity contribution in [2.45, 2.75) is 58.0 Å². The minimum atomic E-state index is 0.972. The van der Waals surface area contributed by atoms with E-state index in [1.165, 1.54) is 82.3 Å². The van der Waals surface area contributed by atoms with Crippen LogP contribution in [0.25, 0.3) is 0 Å². The second-order valence-electron chi connectivity index (χ2n) is 9.34. The van der Waals surface area contributed by atoms with Crippen molar-refractivity contribution in [2.75, 3.05) is 26.2 Å². The van der Waals surface area contributed by atoms with Crippen LogP contribution in [0.5, 0.6) is 0 Å². The highest BCUT2D eigenvalue weighted by atomic mass is 15.1. The normalized spacial score (nSPS) is 20.1. The zero-order valence-electron chi connectivity index (χ0n) is 18.0. The first kappa shape index (κ1) is 20.6. The third-order valence-electron chi connectivity index (χ3n) is 7.14. The second-order valence-corrected chi connectivity index (χ2v) is 9.34. The zero-order chi connectivity index (χ0) is 19.7. The van der Waals surface area contributed by atoms with Crippen LogP contribution in [0.4, 0.5) is 0 Å². The van der Waals surface area contributed by atoms with Crippen molar-refractivity contribution in [1.29, 1.82) is 0 Å². The molecule has 0 atom stereocenters. The topological polar surface area (TPSA) is 6.48 Å². The molecule has 0 unspecified atom stereocenters. The van der Waals surface area contributed by atoms with E-state index in [-0.39, 0.29) is 0 Å². The number of hydrogen-bond acceptors (Lipinski definition) is 2. The van der Waals surface area contributed by atoms with Gasteiger partial charge in [0, 0.05) is 13.1 Å². The molecule has 0 amide bonds. The maximum atomic E-state index is 2.65. The molecule has 2 aromatic carbocycles. The predicted molar refractivity (Wildman–Crippen MR) is 123 cm³/mol. The van der Waals surface area contributed by atoms with Gasteiger partial charge in [0.05, 0.1) is 0 Å². The molecule has 2 heteroatoms. The molecule has 0 radical (unpaired) electrons. The van der Waals surface area contributed by atoms with Gasteiger partial charge in [0.2, 0.25) is 0 Å². The molecular formula is C27H38N2. The number of nitrogens with zero attached hydrogens (tertiary/aromatic N) is 2. The maximum absolute atomic E-state index is 2.65. The SMILES string of the molecule is c1ccc(CN2CCC(CCCC3CCN(Cc4ccccc4)CC3)CC2)cc1. The Morgan fingerprint density at radius 2 is 0.931 bits per heavy atom. The van der Waals surface area contributed by atoms with E-state index in [2.05, 4.69) is 70.5 Å². The van der Waals surface area contributed by atoms with Crippen molar-refractivity contribution in [3.63, 3.8) is 0 Å². The molecule has 2 aliphatic rings. The van der Waals surface area contributed by atoms with Gasteiger partial charge in [-0.2, -0.15) is 0 Å². The van der Waals surface area contributed by atoms with Gasteiger partial charge in [0.15, 0.2) is 0 Å². The van der Waals surface area contributed by atoms with Crippen LogP contribution in [0.2, 0.25) is 0 Å². The Balaban J connectivity index is 1.07. The second kappa shape index (κ2) is 10.9. The molecule has 2 aromatic rings. The molecule has 156 valence electrons. The highest BCUT2D eigenvalue weighted by Gasteiger charge is 2.21. The molecule has 4 rings (SSSR count). The van der Waals surface area contributed by atoms with Gasteiger partial charge in [-0.05, 0) is 74.8 Å². The summed E-state index contributed by atoms with van der Waals surface area (Å²) in [5.41, 5.74) is 2.93. The van der Waals surface area contributed by atoms with Gasteiger partial charge in [-0.3, -0.25) is 9.80 Å². The van der Waals surface area contributed by atoms with Gasteiger partial charge in [-0.1, -0.05) is 79.9 Å². The Hall–Kier alpha value is -1.64. The molecule has 2 nitrogen and oxygen atoms in total. The number of piperidine rings is 2. The molecule has 0 aromatic heterocycles. The molecule has 2 saturated heterocycles. The van der Waals surface area contributed by atoms with E-state index in [9.17, 15) is 0 Å². The van der Waals surface area contributed by atoms with Crippen LogP contribution >= 0.6 is 0 Å². The maximum Gasteiger partial charge on any atom is 0.0233 e. The third-order valence-corrected chi connectivity index (χ3v) is 7.14.